The smallest absolute Gasteiger partial charge is 0.241 e. The number of sulfonamides is 1. The van der Waals surface area contributed by atoms with E-state index in [-0.39, 0.29) is 17.3 Å². The molecule has 4 nitrogen and oxygen atoms in total. The molecule has 2 aromatic rings. The Morgan fingerprint density at radius 1 is 1.14 bits per heavy atom. The first-order valence-electron chi connectivity index (χ1n) is 6.17. The van der Waals surface area contributed by atoms with Gasteiger partial charge in [-0.15, -0.1) is 0 Å². The number of nitrogen functional groups attached to an aromatic ring is 1. The third-order valence-corrected chi connectivity index (χ3v) is 5.30. The minimum atomic E-state index is -3.61. The summed E-state index contributed by atoms with van der Waals surface area (Å²) in [4.78, 5) is 0.135. The Balaban J connectivity index is 2.03. The zero-order valence-corrected chi connectivity index (χ0v) is 13.4. The standard InChI is InChI=1S/C14H14BrFN2O2S/c15-13-9-12(17)5-6-14(13)21(19,20)18-8-7-10-1-3-11(16)4-2-10/h1-6,9,18H,7-8,17H2. The van der Waals surface area contributed by atoms with Crippen molar-refractivity contribution in [2.45, 2.75) is 11.3 Å². The van der Waals surface area contributed by atoms with Gasteiger partial charge in [0.05, 0.1) is 4.90 Å². The summed E-state index contributed by atoms with van der Waals surface area (Å²) in [6.45, 7) is 0.227. The highest BCUT2D eigenvalue weighted by molar-refractivity contribution is 9.10. The van der Waals surface area contributed by atoms with Crippen LogP contribution in [0.3, 0.4) is 0 Å². The third kappa shape index (κ3) is 4.26. The molecular formula is C14H14BrFN2O2S. The highest BCUT2D eigenvalue weighted by Crippen LogP contribution is 2.23. The summed E-state index contributed by atoms with van der Waals surface area (Å²) < 4.78 is 40.0. The Kier molecular flexibility index (Phi) is 4.97. The second-order valence-electron chi connectivity index (χ2n) is 4.46. The summed E-state index contributed by atoms with van der Waals surface area (Å²) in [6.07, 6.45) is 0.478. The molecule has 0 unspecified atom stereocenters. The van der Waals surface area contributed by atoms with Crippen molar-refractivity contribution < 1.29 is 12.8 Å². The fourth-order valence-corrected chi connectivity index (χ4v) is 3.92. The lowest BCUT2D eigenvalue weighted by Gasteiger charge is -2.09. The largest absolute Gasteiger partial charge is 0.399 e. The van der Waals surface area contributed by atoms with E-state index < -0.39 is 10.0 Å². The van der Waals surface area contributed by atoms with Crippen molar-refractivity contribution in [1.29, 1.82) is 0 Å². The van der Waals surface area contributed by atoms with Crippen LogP contribution >= 0.6 is 15.9 Å². The van der Waals surface area contributed by atoms with Gasteiger partial charge in [0.25, 0.3) is 0 Å². The van der Waals surface area contributed by atoms with Crippen LogP contribution in [0, 0.1) is 5.82 Å². The van der Waals surface area contributed by atoms with E-state index in [4.69, 9.17) is 5.73 Å². The fourth-order valence-electron chi connectivity index (χ4n) is 1.79. The van der Waals surface area contributed by atoms with Gasteiger partial charge in [-0.05, 0) is 58.2 Å². The topological polar surface area (TPSA) is 72.2 Å². The predicted octanol–water partition coefficient (Wildman–Crippen LogP) is 2.69. The molecular weight excluding hydrogens is 359 g/mol. The Bertz CT molecular complexity index is 733. The average Bonchev–Trinajstić information content (AvgIpc) is 2.40. The molecule has 0 heterocycles. The van der Waals surface area contributed by atoms with Crippen molar-refractivity contribution in [2.75, 3.05) is 12.3 Å². The van der Waals surface area contributed by atoms with Crippen LogP contribution in [-0.4, -0.2) is 15.0 Å². The van der Waals surface area contributed by atoms with Crippen LogP contribution in [0.5, 0.6) is 0 Å². The Hall–Kier alpha value is -1.44. The molecule has 3 N–H and O–H groups in total. The fraction of sp³-hybridized carbons (Fsp3) is 0.143. The molecule has 0 fully saturated rings. The number of benzene rings is 2. The zero-order chi connectivity index (χ0) is 15.5. The Morgan fingerprint density at radius 2 is 1.81 bits per heavy atom. The van der Waals surface area contributed by atoms with E-state index in [1.165, 1.54) is 30.3 Å². The Labute approximate surface area is 131 Å². The van der Waals surface area contributed by atoms with E-state index in [0.29, 0.717) is 16.6 Å². The molecule has 0 spiro atoms. The first kappa shape index (κ1) is 15.9. The molecule has 0 radical (unpaired) electrons. The molecule has 2 rings (SSSR count). The van der Waals surface area contributed by atoms with E-state index in [1.807, 2.05) is 0 Å². The molecule has 7 heteroatoms. The van der Waals surface area contributed by atoms with Gasteiger partial charge in [0.1, 0.15) is 5.82 Å². The van der Waals surface area contributed by atoms with Crippen LogP contribution in [0.2, 0.25) is 0 Å². The molecule has 0 aliphatic heterocycles. The van der Waals surface area contributed by atoms with Crippen LogP contribution in [-0.2, 0) is 16.4 Å². The molecule has 0 aromatic heterocycles. The number of hydrogen-bond acceptors (Lipinski definition) is 3. The molecule has 0 atom stereocenters. The van der Waals surface area contributed by atoms with Crippen molar-refractivity contribution in [2.24, 2.45) is 0 Å². The van der Waals surface area contributed by atoms with Gasteiger partial charge >= 0.3 is 0 Å². The van der Waals surface area contributed by atoms with Crippen LogP contribution in [0.25, 0.3) is 0 Å². The molecule has 0 amide bonds. The second-order valence-corrected chi connectivity index (χ2v) is 7.05. The molecule has 0 saturated heterocycles. The lowest BCUT2D eigenvalue weighted by atomic mass is 10.1. The summed E-state index contributed by atoms with van der Waals surface area (Å²) in [6, 6.07) is 10.5. The average molecular weight is 373 g/mol. The van der Waals surface area contributed by atoms with Gasteiger partial charge in [-0.25, -0.2) is 17.5 Å². The normalized spacial score (nSPS) is 11.5. The number of nitrogens with two attached hydrogens (primary N) is 1. The molecule has 0 bridgehead atoms. The van der Waals surface area contributed by atoms with E-state index in [2.05, 4.69) is 20.7 Å². The predicted molar refractivity (Wildman–Crippen MR) is 83.8 cm³/mol. The van der Waals surface area contributed by atoms with Gasteiger partial charge in [-0.2, -0.15) is 0 Å². The SMILES string of the molecule is Nc1ccc(S(=O)(=O)NCCc2ccc(F)cc2)c(Br)c1. The van der Waals surface area contributed by atoms with Gasteiger partial charge in [0, 0.05) is 16.7 Å². The number of nitrogens with one attached hydrogen (secondary N) is 1. The van der Waals surface area contributed by atoms with Gasteiger partial charge in [0.2, 0.25) is 10.0 Å². The second kappa shape index (κ2) is 6.55. The maximum Gasteiger partial charge on any atom is 0.241 e. The maximum absolute atomic E-state index is 12.8. The van der Waals surface area contributed by atoms with Gasteiger partial charge in [0.15, 0.2) is 0 Å². The molecule has 2 aromatic carbocycles. The third-order valence-electron chi connectivity index (χ3n) is 2.86. The molecule has 21 heavy (non-hydrogen) atoms. The van der Waals surface area contributed by atoms with Crippen LogP contribution < -0.4 is 10.5 Å². The summed E-state index contributed by atoms with van der Waals surface area (Å²) in [5.41, 5.74) is 6.92. The summed E-state index contributed by atoms with van der Waals surface area (Å²) in [7, 11) is -3.61. The summed E-state index contributed by atoms with van der Waals surface area (Å²) >= 11 is 3.19. The van der Waals surface area contributed by atoms with Crippen LogP contribution in [0.1, 0.15) is 5.56 Å². The number of anilines is 1. The number of rotatable bonds is 5. The van der Waals surface area contributed by atoms with Crippen molar-refractivity contribution in [1.82, 2.24) is 4.72 Å². The minimum absolute atomic E-state index is 0.135. The lowest BCUT2D eigenvalue weighted by Crippen LogP contribution is -2.26. The highest BCUT2D eigenvalue weighted by Gasteiger charge is 2.16. The molecule has 0 aliphatic rings. The van der Waals surface area contributed by atoms with E-state index in [9.17, 15) is 12.8 Å². The summed E-state index contributed by atoms with van der Waals surface area (Å²) in [5.74, 6) is -0.315. The first-order chi connectivity index (χ1) is 9.88. The van der Waals surface area contributed by atoms with Gasteiger partial charge < -0.3 is 5.73 Å². The van der Waals surface area contributed by atoms with Crippen molar-refractivity contribution in [3.8, 4) is 0 Å². The molecule has 0 saturated carbocycles. The first-order valence-corrected chi connectivity index (χ1v) is 8.45. The van der Waals surface area contributed by atoms with E-state index >= 15 is 0 Å². The highest BCUT2D eigenvalue weighted by atomic mass is 79.9. The Morgan fingerprint density at radius 3 is 2.43 bits per heavy atom. The van der Waals surface area contributed by atoms with Crippen LogP contribution in [0.15, 0.2) is 51.8 Å². The van der Waals surface area contributed by atoms with Crippen LogP contribution in [0.4, 0.5) is 10.1 Å². The summed E-state index contributed by atoms with van der Waals surface area (Å²) in [5, 5.41) is 0. The van der Waals surface area contributed by atoms with Gasteiger partial charge in [-0.1, -0.05) is 12.1 Å². The maximum atomic E-state index is 12.8. The van der Waals surface area contributed by atoms with Crippen molar-refractivity contribution >= 4 is 31.6 Å². The lowest BCUT2D eigenvalue weighted by molar-refractivity contribution is 0.581. The van der Waals surface area contributed by atoms with E-state index in [1.54, 1.807) is 12.1 Å². The molecule has 112 valence electrons. The molecule has 0 aliphatic carbocycles. The minimum Gasteiger partial charge on any atom is -0.399 e. The quantitative estimate of drug-likeness (QED) is 0.792. The van der Waals surface area contributed by atoms with Crippen molar-refractivity contribution in [3.05, 3.63) is 58.3 Å². The van der Waals surface area contributed by atoms with E-state index in [0.717, 1.165) is 5.56 Å². The van der Waals surface area contributed by atoms with Crippen molar-refractivity contribution in [3.63, 3.8) is 0 Å². The number of halogens is 2. The number of hydrogen-bond donors (Lipinski definition) is 2. The van der Waals surface area contributed by atoms with Gasteiger partial charge in [-0.3, -0.25) is 0 Å². The monoisotopic (exact) mass is 372 g/mol. The zero-order valence-electron chi connectivity index (χ0n) is 11.0.